The van der Waals surface area contributed by atoms with E-state index in [1.54, 1.807) is 5.51 Å². The lowest BCUT2D eigenvalue weighted by Crippen LogP contribution is -2.38. The molecule has 1 atom stereocenters. The number of nitrogen functional groups attached to an aromatic ring is 1. The minimum Gasteiger partial charge on any atom is -0.438 e. The molecule has 0 radical (unpaired) electrons. The van der Waals surface area contributed by atoms with Gasteiger partial charge in [0, 0.05) is 28.3 Å². The molecule has 1 aliphatic heterocycles. The summed E-state index contributed by atoms with van der Waals surface area (Å²) in [6, 6.07) is 19.3. The number of fused-ring (bicyclic) bond motifs is 2. The molecule has 160 valence electrons. The highest BCUT2D eigenvalue weighted by Crippen LogP contribution is 2.51. The fraction of sp³-hybridized carbons (Fsp3) is 0.167. The van der Waals surface area contributed by atoms with Crippen LogP contribution in [0.3, 0.4) is 0 Å². The van der Waals surface area contributed by atoms with Crippen molar-refractivity contribution < 1.29 is 9.53 Å². The molecule has 0 aliphatic carbocycles. The first-order chi connectivity index (χ1) is 15.4. The molecule has 0 unspecified atom stereocenters. The Balaban J connectivity index is 1.58. The van der Waals surface area contributed by atoms with E-state index in [0.29, 0.717) is 22.4 Å². The van der Waals surface area contributed by atoms with Crippen LogP contribution in [-0.2, 0) is 4.79 Å². The topological polar surface area (TPSA) is 103 Å². The Bertz CT molecular complexity index is 1290. The fourth-order valence-electron chi connectivity index (χ4n) is 4.05. The Kier molecular flexibility index (Phi) is 4.86. The SMILES string of the molecule is CC(C)(C(=O)Nc1nncs1)[C@H]1c2ccccc2Oc2nc(-c3ccc(N)cc3)ccc21. The minimum atomic E-state index is -0.815. The molecule has 0 saturated heterocycles. The first kappa shape index (κ1) is 20.1. The summed E-state index contributed by atoms with van der Waals surface area (Å²) in [5, 5.41) is 11.1. The van der Waals surface area contributed by atoms with Crippen LogP contribution in [0.25, 0.3) is 11.3 Å². The van der Waals surface area contributed by atoms with Crippen LogP contribution in [0, 0.1) is 5.41 Å². The average Bonchev–Trinajstić information content (AvgIpc) is 3.30. The van der Waals surface area contributed by atoms with Crippen molar-refractivity contribution >= 4 is 28.1 Å². The van der Waals surface area contributed by atoms with E-state index in [1.165, 1.54) is 11.3 Å². The van der Waals surface area contributed by atoms with Gasteiger partial charge in [0.2, 0.25) is 16.9 Å². The number of anilines is 2. The molecule has 0 spiro atoms. The van der Waals surface area contributed by atoms with E-state index < -0.39 is 5.41 Å². The molecule has 1 aliphatic rings. The van der Waals surface area contributed by atoms with Gasteiger partial charge in [0.05, 0.1) is 11.1 Å². The molecule has 32 heavy (non-hydrogen) atoms. The van der Waals surface area contributed by atoms with Crippen LogP contribution in [0.15, 0.2) is 66.2 Å². The molecule has 3 heterocycles. The van der Waals surface area contributed by atoms with Gasteiger partial charge in [0.15, 0.2) is 0 Å². The van der Waals surface area contributed by atoms with Gasteiger partial charge < -0.3 is 15.8 Å². The first-order valence-corrected chi connectivity index (χ1v) is 11.0. The number of para-hydroxylation sites is 1. The summed E-state index contributed by atoms with van der Waals surface area (Å²) >= 11 is 1.29. The van der Waals surface area contributed by atoms with Crippen molar-refractivity contribution in [1.82, 2.24) is 15.2 Å². The van der Waals surface area contributed by atoms with E-state index in [0.717, 1.165) is 22.4 Å². The molecule has 2 aromatic carbocycles. The summed E-state index contributed by atoms with van der Waals surface area (Å²) in [5.74, 6) is 0.788. The van der Waals surface area contributed by atoms with Gasteiger partial charge in [-0.2, -0.15) is 0 Å². The molecule has 3 N–H and O–H groups in total. The van der Waals surface area contributed by atoms with Crippen molar-refractivity contribution in [1.29, 1.82) is 0 Å². The Morgan fingerprint density at radius 3 is 2.59 bits per heavy atom. The number of hydrogen-bond acceptors (Lipinski definition) is 7. The maximum absolute atomic E-state index is 13.3. The molecular formula is C24H21N5O2S. The zero-order chi connectivity index (χ0) is 22.3. The number of hydrogen-bond donors (Lipinski definition) is 2. The predicted molar refractivity (Wildman–Crippen MR) is 125 cm³/mol. The molecule has 1 amide bonds. The van der Waals surface area contributed by atoms with Crippen LogP contribution in [0.5, 0.6) is 11.6 Å². The number of rotatable bonds is 4. The van der Waals surface area contributed by atoms with Gasteiger partial charge in [-0.1, -0.05) is 61.6 Å². The summed E-state index contributed by atoms with van der Waals surface area (Å²) in [7, 11) is 0. The number of aromatic nitrogens is 3. The van der Waals surface area contributed by atoms with Gasteiger partial charge in [-0.05, 0) is 24.3 Å². The number of nitrogens with one attached hydrogen (secondary N) is 1. The number of amides is 1. The van der Waals surface area contributed by atoms with Crippen molar-refractivity contribution in [3.05, 3.63) is 77.3 Å². The van der Waals surface area contributed by atoms with Gasteiger partial charge in [-0.15, -0.1) is 10.2 Å². The number of carbonyl (C=O) groups is 1. The zero-order valence-corrected chi connectivity index (χ0v) is 18.4. The van der Waals surface area contributed by atoms with Crippen LogP contribution < -0.4 is 15.8 Å². The third kappa shape index (κ3) is 3.48. The maximum atomic E-state index is 13.3. The van der Waals surface area contributed by atoms with E-state index in [4.69, 9.17) is 15.5 Å². The lowest BCUT2D eigenvalue weighted by Gasteiger charge is -2.37. The highest BCUT2D eigenvalue weighted by Gasteiger charge is 2.44. The Morgan fingerprint density at radius 2 is 1.84 bits per heavy atom. The van der Waals surface area contributed by atoms with Gasteiger partial charge in [0.1, 0.15) is 11.3 Å². The summed E-state index contributed by atoms with van der Waals surface area (Å²) in [6.45, 7) is 3.85. The standard InChI is InChI=1S/C24H21N5O2S/c1-24(2,22(30)28-23-29-26-13-32-23)20-16-5-3-4-6-19(16)31-21-17(20)11-12-18(27-21)14-7-9-15(25)10-8-14/h3-13,20H,25H2,1-2H3,(H,28,29,30)/t20-/m0/s1. The number of nitrogens with zero attached hydrogens (tertiary/aromatic N) is 3. The van der Waals surface area contributed by atoms with Crippen LogP contribution in [-0.4, -0.2) is 21.1 Å². The average molecular weight is 444 g/mol. The van der Waals surface area contributed by atoms with Crippen LogP contribution in [0.1, 0.15) is 30.9 Å². The highest BCUT2D eigenvalue weighted by atomic mass is 32.1. The fourth-order valence-corrected chi connectivity index (χ4v) is 4.49. The lowest BCUT2D eigenvalue weighted by molar-refractivity contribution is -0.124. The summed E-state index contributed by atoms with van der Waals surface area (Å²) in [6.07, 6.45) is 0. The number of carbonyl (C=O) groups excluding carboxylic acids is 1. The van der Waals surface area contributed by atoms with Crippen LogP contribution in [0.4, 0.5) is 10.8 Å². The first-order valence-electron chi connectivity index (χ1n) is 10.1. The largest absolute Gasteiger partial charge is 0.438 e. The van der Waals surface area contributed by atoms with E-state index >= 15 is 0 Å². The summed E-state index contributed by atoms with van der Waals surface area (Å²) < 4.78 is 6.19. The van der Waals surface area contributed by atoms with E-state index in [2.05, 4.69) is 15.5 Å². The molecule has 8 heteroatoms. The second-order valence-electron chi connectivity index (χ2n) is 8.21. The third-order valence-electron chi connectivity index (χ3n) is 5.73. The molecule has 4 aromatic rings. The van der Waals surface area contributed by atoms with Crippen molar-refractivity contribution in [2.75, 3.05) is 11.1 Å². The molecular weight excluding hydrogens is 422 g/mol. The lowest BCUT2D eigenvalue weighted by atomic mass is 9.69. The second-order valence-corrected chi connectivity index (χ2v) is 9.04. The number of nitrogens with two attached hydrogens (primary N) is 1. The van der Waals surface area contributed by atoms with Crippen molar-refractivity contribution in [3.8, 4) is 22.9 Å². The van der Waals surface area contributed by atoms with E-state index in [-0.39, 0.29) is 11.8 Å². The van der Waals surface area contributed by atoms with Gasteiger partial charge in [-0.25, -0.2) is 4.98 Å². The zero-order valence-electron chi connectivity index (χ0n) is 17.6. The van der Waals surface area contributed by atoms with E-state index in [9.17, 15) is 4.79 Å². The van der Waals surface area contributed by atoms with Crippen LogP contribution in [0.2, 0.25) is 0 Å². The predicted octanol–water partition coefficient (Wildman–Crippen LogP) is 5.08. The van der Waals surface area contributed by atoms with Crippen LogP contribution >= 0.6 is 11.3 Å². The minimum absolute atomic E-state index is 0.149. The molecule has 2 aromatic heterocycles. The van der Waals surface area contributed by atoms with Gasteiger partial charge >= 0.3 is 0 Å². The smallest absolute Gasteiger partial charge is 0.232 e. The summed E-state index contributed by atoms with van der Waals surface area (Å²) in [5.41, 5.74) is 10.8. The Morgan fingerprint density at radius 1 is 1.06 bits per heavy atom. The van der Waals surface area contributed by atoms with Crippen molar-refractivity contribution in [2.24, 2.45) is 5.41 Å². The summed E-state index contributed by atoms with van der Waals surface area (Å²) in [4.78, 5) is 18.1. The quantitative estimate of drug-likeness (QED) is 0.426. The number of ether oxygens (including phenoxy) is 1. The highest BCUT2D eigenvalue weighted by molar-refractivity contribution is 7.13. The van der Waals surface area contributed by atoms with Gasteiger partial charge in [-0.3, -0.25) is 4.79 Å². The van der Waals surface area contributed by atoms with Gasteiger partial charge in [0.25, 0.3) is 0 Å². The molecule has 7 nitrogen and oxygen atoms in total. The second kappa shape index (κ2) is 7.72. The Labute approximate surface area is 189 Å². The monoisotopic (exact) mass is 443 g/mol. The number of benzene rings is 2. The maximum Gasteiger partial charge on any atom is 0.232 e. The normalized spacial score (nSPS) is 14.8. The molecule has 0 saturated carbocycles. The number of pyridine rings is 1. The van der Waals surface area contributed by atoms with E-state index in [1.807, 2.05) is 74.5 Å². The van der Waals surface area contributed by atoms with Crippen molar-refractivity contribution in [2.45, 2.75) is 19.8 Å². The van der Waals surface area contributed by atoms with Crippen molar-refractivity contribution in [3.63, 3.8) is 0 Å². The Hall–Kier alpha value is -3.78. The third-order valence-corrected chi connectivity index (χ3v) is 6.34. The molecule has 5 rings (SSSR count). The molecule has 0 bridgehead atoms. The molecule has 0 fully saturated rings.